The van der Waals surface area contributed by atoms with Gasteiger partial charge in [-0.15, -0.1) is 4.91 Å². The summed E-state index contributed by atoms with van der Waals surface area (Å²) in [5.41, 5.74) is 4.97. The summed E-state index contributed by atoms with van der Waals surface area (Å²) in [5, 5.41) is 7.92. The Labute approximate surface area is 161 Å². The smallest absolute Gasteiger partial charge is 0.122 e. The maximum Gasteiger partial charge on any atom is 0.122 e. The Hall–Kier alpha value is -2.14. The van der Waals surface area contributed by atoms with Crippen molar-refractivity contribution in [1.82, 2.24) is 4.57 Å². The van der Waals surface area contributed by atoms with Gasteiger partial charge in [-0.25, -0.2) is 0 Å². The van der Waals surface area contributed by atoms with Crippen molar-refractivity contribution in [2.45, 2.75) is 52.6 Å². The third-order valence-electron chi connectivity index (χ3n) is 5.50. The van der Waals surface area contributed by atoms with Gasteiger partial charge in [0.1, 0.15) is 5.54 Å². The molecule has 1 fully saturated rings. The van der Waals surface area contributed by atoms with Crippen molar-refractivity contribution in [2.75, 3.05) is 25.6 Å². The number of aromatic nitrogens is 1. The monoisotopic (exact) mass is 369 g/mol. The highest BCUT2D eigenvalue weighted by atomic mass is 16.5. The Morgan fingerprint density at radius 2 is 2.04 bits per heavy atom. The lowest BCUT2D eigenvalue weighted by Gasteiger charge is -2.24. The number of hydrogen-bond acceptors (Lipinski definition) is 4. The Bertz CT molecular complexity index is 854. The summed E-state index contributed by atoms with van der Waals surface area (Å²) in [7, 11) is 1.97. The second-order valence-corrected chi connectivity index (χ2v) is 8.28. The number of fused-ring (bicyclic) bond motifs is 1. The Balaban J connectivity index is 2.20. The number of anilines is 1. The summed E-state index contributed by atoms with van der Waals surface area (Å²) in [6.07, 6.45) is 4.42. The lowest BCUT2D eigenvalue weighted by molar-refractivity contribution is 0.0616. The molecule has 0 spiro atoms. The first kappa shape index (κ1) is 19.6. The van der Waals surface area contributed by atoms with Crippen LogP contribution in [0.25, 0.3) is 17.0 Å². The Kier molecular flexibility index (Phi) is 5.70. The van der Waals surface area contributed by atoms with Gasteiger partial charge in [0.25, 0.3) is 0 Å². The third-order valence-corrected chi connectivity index (χ3v) is 5.50. The summed E-state index contributed by atoms with van der Waals surface area (Å²) in [6.45, 7) is 10.6. The van der Waals surface area contributed by atoms with E-state index in [4.69, 9.17) is 4.74 Å². The SMILES string of the molecule is CNc1c(C=C(C)C)n(CC2CCOCC2)c2cc(C(C)(C)N=O)ccc12. The molecule has 1 aliphatic heterocycles. The van der Waals surface area contributed by atoms with Gasteiger partial charge in [0, 0.05) is 32.2 Å². The predicted octanol–water partition coefficient (Wildman–Crippen LogP) is 5.53. The van der Waals surface area contributed by atoms with Crippen LogP contribution in [0.1, 0.15) is 51.8 Å². The van der Waals surface area contributed by atoms with E-state index >= 15 is 0 Å². The fourth-order valence-electron chi connectivity index (χ4n) is 3.87. The van der Waals surface area contributed by atoms with Crippen LogP contribution in [-0.4, -0.2) is 24.8 Å². The number of rotatable bonds is 6. The van der Waals surface area contributed by atoms with Crippen LogP contribution in [0.5, 0.6) is 0 Å². The zero-order valence-corrected chi connectivity index (χ0v) is 17.1. The van der Waals surface area contributed by atoms with Crippen molar-refractivity contribution < 1.29 is 4.74 Å². The van der Waals surface area contributed by atoms with E-state index in [-0.39, 0.29) is 0 Å². The highest BCUT2D eigenvalue weighted by molar-refractivity contribution is 5.98. The zero-order chi connectivity index (χ0) is 19.6. The normalized spacial score (nSPS) is 15.7. The average molecular weight is 370 g/mol. The minimum absolute atomic E-state index is 0.601. The summed E-state index contributed by atoms with van der Waals surface area (Å²) in [4.78, 5) is 11.3. The van der Waals surface area contributed by atoms with Crippen LogP contribution in [0.4, 0.5) is 5.69 Å². The van der Waals surface area contributed by atoms with E-state index in [0.29, 0.717) is 5.92 Å². The number of ether oxygens (including phenoxy) is 1. The first-order valence-corrected chi connectivity index (χ1v) is 9.79. The molecule has 1 aromatic carbocycles. The molecule has 0 aliphatic carbocycles. The van der Waals surface area contributed by atoms with Crippen molar-refractivity contribution in [1.29, 1.82) is 0 Å². The predicted molar refractivity (Wildman–Crippen MR) is 113 cm³/mol. The maximum absolute atomic E-state index is 11.3. The van der Waals surface area contributed by atoms with Gasteiger partial charge in [-0.3, -0.25) is 0 Å². The fourth-order valence-corrected chi connectivity index (χ4v) is 3.87. The van der Waals surface area contributed by atoms with Gasteiger partial charge in [-0.1, -0.05) is 22.9 Å². The molecule has 0 amide bonds. The largest absolute Gasteiger partial charge is 0.386 e. The standard InChI is InChI=1S/C22H31N3O2/c1-15(2)12-20-21(23-5)18-7-6-17(22(3,4)24-26)13-19(18)25(20)14-16-8-10-27-11-9-16/h6-7,12-13,16,23H,8-11,14H2,1-5H3. The first-order valence-electron chi connectivity index (χ1n) is 9.79. The van der Waals surface area contributed by atoms with Crippen molar-refractivity contribution in [2.24, 2.45) is 11.1 Å². The lowest BCUT2D eigenvalue weighted by Crippen LogP contribution is -2.21. The van der Waals surface area contributed by atoms with Gasteiger partial charge < -0.3 is 14.6 Å². The van der Waals surface area contributed by atoms with Gasteiger partial charge in [-0.2, -0.15) is 0 Å². The molecule has 2 aromatic rings. The maximum atomic E-state index is 11.3. The molecule has 0 atom stereocenters. The Morgan fingerprint density at radius 3 is 2.63 bits per heavy atom. The number of nitrogens with one attached hydrogen (secondary N) is 1. The van der Waals surface area contributed by atoms with E-state index in [1.807, 2.05) is 27.0 Å². The Morgan fingerprint density at radius 1 is 1.33 bits per heavy atom. The van der Waals surface area contributed by atoms with Crippen LogP contribution in [0.3, 0.4) is 0 Å². The van der Waals surface area contributed by atoms with Crippen LogP contribution in [0.15, 0.2) is 28.9 Å². The molecule has 27 heavy (non-hydrogen) atoms. The third kappa shape index (κ3) is 3.93. The van der Waals surface area contributed by atoms with E-state index in [2.05, 4.69) is 47.1 Å². The minimum atomic E-state index is -0.738. The van der Waals surface area contributed by atoms with Crippen molar-refractivity contribution >= 4 is 22.7 Å². The van der Waals surface area contributed by atoms with E-state index in [1.165, 1.54) is 16.7 Å². The summed E-state index contributed by atoms with van der Waals surface area (Å²) < 4.78 is 7.96. The van der Waals surface area contributed by atoms with E-state index in [1.54, 1.807) is 0 Å². The number of nitroso groups, excluding NO2 is 1. The molecular weight excluding hydrogens is 338 g/mol. The molecule has 5 heteroatoms. The number of hydrogen-bond donors (Lipinski definition) is 1. The van der Waals surface area contributed by atoms with E-state index in [0.717, 1.165) is 49.4 Å². The van der Waals surface area contributed by atoms with Gasteiger partial charge in [0.15, 0.2) is 0 Å². The molecule has 2 heterocycles. The highest BCUT2D eigenvalue weighted by Gasteiger charge is 2.25. The number of allylic oxidation sites excluding steroid dienone is 1. The second-order valence-electron chi connectivity index (χ2n) is 8.28. The summed E-state index contributed by atoms with van der Waals surface area (Å²) >= 11 is 0. The number of benzene rings is 1. The topological polar surface area (TPSA) is 55.6 Å². The molecule has 5 nitrogen and oxygen atoms in total. The molecule has 1 saturated heterocycles. The minimum Gasteiger partial charge on any atom is -0.386 e. The second kappa shape index (κ2) is 7.85. The molecular formula is C22H31N3O2. The highest BCUT2D eigenvalue weighted by Crippen LogP contribution is 2.37. The van der Waals surface area contributed by atoms with E-state index in [9.17, 15) is 4.91 Å². The van der Waals surface area contributed by atoms with Crippen LogP contribution in [0, 0.1) is 10.8 Å². The molecule has 1 N–H and O–H groups in total. The molecule has 0 radical (unpaired) electrons. The number of nitrogens with zero attached hydrogens (tertiary/aromatic N) is 2. The van der Waals surface area contributed by atoms with E-state index < -0.39 is 5.54 Å². The van der Waals surface area contributed by atoms with Gasteiger partial charge in [-0.05, 0) is 64.2 Å². The van der Waals surface area contributed by atoms with Crippen molar-refractivity contribution in [3.8, 4) is 0 Å². The fraction of sp³-hybridized carbons (Fsp3) is 0.545. The van der Waals surface area contributed by atoms with Crippen LogP contribution >= 0.6 is 0 Å². The molecule has 1 aliphatic rings. The van der Waals surface area contributed by atoms with Gasteiger partial charge in [0.05, 0.1) is 16.9 Å². The quantitative estimate of drug-likeness (QED) is 0.681. The van der Waals surface area contributed by atoms with Crippen molar-refractivity contribution in [3.05, 3.63) is 39.9 Å². The molecule has 146 valence electrons. The van der Waals surface area contributed by atoms with Crippen LogP contribution in [-0.2, 0) is 16.8 Å². The first-order chi connectivity index (χ1) is 12.9. The van der Waals surface area contributed by atoms with Gasteiger partial charge >= 0.3 is 0 Å². The molecule has 0 saturated carbocycles. The molecule has 1 aromatic heterocycles. The van der Waals surface area contributed by atoms with Crippen LogP contribution < -0.4 is 5.32 Å². The average Bonchev–Trinajstić information content (AvgIpc) is 2.94. The zero-order valence-electron chi connectivity index (χ0n) is 17.1. The van der Waals surface area contributed by atoms with Gasteiger partial charge in [0.2, 0.25) is 0 Å². The summed E-state index contributed by atoms with van der Waals surface area (Å²) in [6, 6.07) is 6.28. The van der Waals surface area contributed by atoms with Crippen LogP contribution in [0.2, 0.25) is 0 Å². The molecule has 0 bridgehead atoms. The van der Waals surface area contributed by atoms with Crippen molar-refractivity contribution in [3.63, 3.8) is 0 Å². The summed E-state index contributed by atoms with van der Waals surface area (Å²) in [5.74, 6) is 0.601. The molecule has 3 rings (SSSR count). The molecule has 0 unspecified atom stereocenters. The lowest BCUT2D eigenvalue weighted by atomic mass is 9.94.